The second-order valence-electron chi connectivity index (χ2n) is 4.72. The number of hydrogen-bond donors (Lipinski definition) is 2. The van der Waals surface area contributed by atoms with Crippen molar-refractivity contribution < 1.29 is 28.0 Å². The summed E-state index contributed by atoms with van der Waals surface area (Å²) < 4.78 is 22.2. The molecule has 8 nitrogen and oxygen atoms in total. The standard InChI is InChI=1S/C15H14FN3O5/c1-9-6-12(19-24-9)18-13(20)8-23-14(21)7-17-15(22)10-2-4-11(16)5-3-10/h2-6H,7-8H2,1H3,(H,17,22)(H,18,19,20). The fourth-order valence-corrected chi connectivity index (χ4v) is 1.66. The molecule has 0 atom stereocenters. The number of rotatable bonds is 6. The molecule has 1 aromatic heterocycles. The van der Waals surface area contributed by atoms with E-state index in [1.165, 1.54) is 18.2 Å². The second kappa shape index (κ2) is 7.86. The molecule has 0 unspecified atom stereocenters. The summed E-state index contributed by atoms with van der Waals surface area (Å²) in [6.45, 7) is 0.705. The van der Waals surface area contributed by atoms with Gasteiger partial charge in [0.1, 0.15) is 18.1 Å². The van der Waals surface area contributed by atoms with Gasteiger partial charge in [-0.3, -0.25) is 14.4 Å². The van der Waals surface area contributed by atoms with Gasteiger partial charge < -0.3 is 19.9 Å². The number of anilines is 1. The lowest BCUT2D eigenvalue weighted by Gasteiger charge is -2.06. The van der Waals surface area contributed by atoms with Crippen molar-refractivity contribution in [3.8, 4) is 0 Å². The third-order valence-electron chi connectivity index (χ3n) is 2.76. The van der Waals surface area contributed by atoms with E-state index in [1.807, 2.05) is 0 Å². The minimum absolute atomic E-state index is 0.198. The van der Waals surface area contributed by atoms with Crippen molar-refractivity contribution in [3.63, 3.8) is 0 Å². The molecule has 0 saturated carbocycles. The molecule has 1 aromatic carbocycles. The number of amides is 2. The second-order valence-corrected chi connectivity index (χ2v) is 4.72. The highest BCUT2D eigenvalue weighted by Crippen LogP contribution is 2.06. The molecule has 9 heteroatoms. The lowest BCUT2D eigenvalue weighted by molar-refractivity contribution is -0.146. The summed E-state index contributed by atoms with van der Waals surface area (Å²) in [7, 11) is 0. The van der Waals surface area contributed by atoms with Crippen LogP contribution in [0.1, 0.15) is 16.1 Å². The maximum absolute atomic E-state index is 12.7. The molecule has 0 radical (unpaired) electrons. The normalized spacial score (nSPS) is 10.1. The van der Waals surface area contributed by atoms with Crippen LogP contribution in [0.4, 0.5) is 10.2 Å². The van der Waals surface area contributed by atoms with Gasteiger partial charge in [0, 0.05) is 11.6 Å². The minimum Gasteiger partial charge on any atom is -0.454 e. The molecule has 126 valence electrons. The van der Waals surface area contributed by atoms with Gasteiger partial charge in [0.05, 0.1) is 0 Å². The van der Waals surface area contributed by atoms with Crippen LogP contribution in [0.15, 0.2) is 34.9 Å². The van der Waals surface area contributed by atoms with E-state index in [9.17, 15) is 18.8 Å². The Morgan fingerprint density at radius 3 is 2.58 bits per heavy atom. The largest absolute Gasteiger partial charge is 0.454 e. The van der Waals surface area contributed by atoms with Gasteiger partial charge in [-0.05, 0) is 31.2 Å². The monoisotopic (exact) mass is 335 g/mol. The van der Waals surface area contributed by atoms with E-state index in [2.05, 4.69) is 15.8 Å². The number of hydrogen-bond acceptors (Lipinski definition) is 6. The molecular weight excluding hydrogens is 321 g/mol. The SMILES string of the molecule is Cc1cc(NC(=O)COC(=O)CNC(=O)c2ccc(F)cc2)no1. The first-order chi connectivity index (χ1) is 11.4. The van der Waals surface area contributed by atoms with E-state index in [0.717, 1.165) is 12.1 Å². The summed E-state index contributed by atoms with van der Waals surface area (Å²) in [5.74, 6) is -1.70. The molecule has 0 saturated heterocycles. The molecule has 0 aliphatic heterocycles. The van der Waals surface area contributed by atoms with Gasteiger partial charge >= 0.3 is 5.97 Å². The fourth-order valence-electron chi connectivity index (χ4n) is 1.66. The Balaban J connectivity index is 1.70. The lowest BCUT2D eigenvalue weighted by atomic mass is 10.2. The highest BCUT2D eigenvalue weighted by molar-refractivity contribution is 5.96. The average molecular weight is 335 g/mol. The van der Waals surface area contributed by atoms with Gasteiger partial charge in [0.25, 0.3) is 11.8 Å². The predicted octanol–water partition coefficient (Wildman–Crippen LogP) is 1.03. The van der Waals surface area contributed by atoms with Crippen molar-refractivity contribution in [2.24, 2.45) is 0 Å². The molecule has 2 N–H and O–H groups in total. The Morgan fingerprint density at radius 2 is 1.96 bits per heavy atom. The number of nitrogens with zero attached hydrogens (tertiary/aromatic N) is 1. The predicted molar refractivity (Wildman–Crippen MR) is 79.6 cm³/mol. The van der Waals surface area contributed by atoms with Crippen molar-refractivity contribution in [3.05, 3.63) is 47.5 Å². The first kappa shape index (κ1) is 17.1. The molecule has 0 aliphatic carbocycles. The number of aryl methyl sites for hydroxylation is 1. The van der Waals surface area contributed by atoms with Gasteiger partial charge in [-0.15, -0.1) is 0 Å². The molecule has 0 aliphatic rings. The molecule has 1 heterocycles. The molecule has 24 heavy (non-hydrogen) atoms. The van der Waals surface area contributed by atoms with Crippen LogP contribution in [0.3, 0.4) is 0 Å². The first-order valence-corrected chi connectivity index (χ1v) is 6.86. The Hall–Kier alpha value is -3.23. The fraction of sp³-hybridized carbons (Fsp3) is 0.200. The Morgan fingerprint density at radius 1 is 1.25 bits per heavy atom. The van der Waals surface area contributed by atoms with Crippen molar-refractivity contribution in [1.29, 1.82) is 0 Å². The van der Waals surface area contributed by atoms with E-state index in [1.54, 1.807) is 6.92 Å². The molecule has 2 amide bonds. The number of carbonyl (C=O) groups excluding carboxylic acids is 3. The summed E-state index contributed by atoms with van der Waals surface area (Å²) in [6.07, 6.45) is 0. The molecule has 0 bridgehead atoms. The summed E-state index contributed by atoms with van der Waals surface area (Å²) in [6, 6.07) is 6.32. The number of nitrogens with one attached hydrogen (secondary N) is 2. The lowest BCUT2D eigenvalue weighted by Crippen LogP contribution is -2.32. The zero-order chi connectivity index (χ0) is 17.5. The molecule has 2 rings (SSSR count). The maximum atomic E-state index is 12.7. The van der Waals surface area contributed by atoms with Crippen LogP contribution < -0.4 is 10.6 Å². The summed E-state index contributed by atoms with van der Waals surface area (Å²) in [5, 5.41) is 8.22. The van der Waals surface area contributed by atoms with E-state index in [-0.39, 0.29) is 11.4 Å². The molecule has 0 fully saturated rings. The first-order valence-electron chi connectivity index (χ1n) is 6.86. The number of carbonyl (C=O) groups is 3. The van der Waals surface area contributed by atoms with E-state index in [0.29, 0.717) is 5.76 Å². The maximum Gasteiger partial charge on any atom is 0.325 e. The zero-order valence-electron chi connectivity index (χ0n) is 12.7. The van der Waals surface area contributed by atoms with Gasteiger partial charge in [0.2, 0.25) is 0 Å². The number of ether oxygens (including phenoxy) is 1. The minimum atomic E-state index is -0.794. The van der Waals surface area contributed by atoms with E-state index in [4.69, 9.17) is 9.26 Å². The van der Waals surface area contributed by atoms with Crippen LogP contribution in [-0.4, -0.2) is 36.1 Å². The number of benzene rings is 1. The quantitative estimate of drug-likeness (QED) is 0.763. The highest BCUT2D eigenvalue weighted by atomic mass is 19.1. The highest BCUT2D eigenvalue weighted by Gasteiger charge is 2.12. The number of halogens is 1. The number of esters is 1. The van der Waals surface area contributed by atoms with Crippen LogP contribution >= 0.6 is 0 Å². The third-order valence-corrected chi connectivity index (χ3v) is 2.76. The Kier molecular flexibility index (Phi) is 5.61. The van der Waals surface area contributed by atoms with Gasteiger partial charge in [-0.2, -0.15) is 0 Å². The van der Waals surface area contributed by atoms with E-state index < -0.39 is 36.8 Å². The zero-order valence-corrected chi connectivity index (χ0v) is 12.7. The van der Waals surface area contributed by atoms with Crippen molar-refractivity contribution >= 4 is 23.6 Å². The average Bonchev–Trinajstić information content (AvgIpc) is 2.96. The van der Waals surface area contributed by atoms with Crippen LogP contribution in [0, 0.1) is 12.7 Å². The molecule has 2 aromatic rings. The molecular formula is C15H14FN3O5. The van der Waals surface area contributed by atoms with Gasteiger partial charge in [-0.25, -0.2) is 4.39 Å². The van der Waals surface area contributed by atoms with Gasteiger partial charge in [-0.1, -0.05) is 5.16 Å². The summed E-state index contributed by atoms with van der Waals surface area (Å²) in [4.78, 5) is 34.7. The molecule has 0 spiro atoms. The number of aromatic nitrogens is 1. The van der Waals surface area contributed by atoms with E-state index >= 15 is 0 Å². The van der Waals surface area contributed by atoms with Crippen molar-refractivity contribution in [2.75, 3.05) is 18.5 Å². The van der Waals surface area contributed by atoms with Crippen LogP contribution in [0.25, 0.3) is 0 Å². The smallest absolute Gasteiger partial charge is 0.325 e. The topological polar surface area (TPSA) is 111 Å². The Labute approximate surface area is 136 Å². The van der Waals surface area contributed by atoms with Crippen LogP contribution in [0.5, 0.6) is 0 Å². The van der Waals surface area contributed by atoms with Crippen LogP contribution in [-0.2, 0) is 14.3 Å². The third kappa shape index (κ3) is 5.20. The van der Waals surface area contributed by atoms with Crippen LogP contribution in [0.2, 0.25) is 0 Å². The van der Waals surface area contributed by atoms with Crippen molar-refractivity contribution in [1.82, 2.24) is 10.5 Å². The Bertz CT molecular complexity index is 742. The summed E-state index contributed by atoms with van der Waals surface area (Å²) >= 11 is 0. The van der Waals surface area contributed by atoms with Gasteiger partial charge in [0.15, 0.2) is 12.4 Å². The summed E-state index contributed by atoms with van der Waals surface area (Å²) in [5.41, 5.74) is 0.198. The van der Waals surface area contributed by atoms with Crippen molar-refractivity contribution in [2.45, 2.75) is 6.92 Å².